The van der Waals surface area contributed by atoms with Crippen molar-refractivity contribution in [3.05, 3.63) is 30.0 Å². The molecule has 1 N–H and O–H groups in total. The van der Waals surface area contributed by atoms with Crippen LogP contribution in [0.1, 0.15) is 24.8 Å². The highest BCUT2D eigenvalue weighted by molar-refractivity contribution is 5.95. The van der Waals surface area contributed by atoms with Crippen LogP contribution in [0.25, 0.3) is 10.9 Å². The van der Waals surface area contributed by atoms with Crippen molar-refractivity contribution in [1.82, 2.24) is 10.3 Å². The maximum atomic E-state index is 9.56. The molecule has 2 fully saturated rings. The lowest BCUT2D eigenvalue weighted by Crippen LogP contribution is -2.41. The SMILES string of the molecule is COc1ccc2c(N3CCC4(CCNC4)CC3)c(C#N)cnc2c1. The van der Waals surface area contributed by atoms with Gasteiger partial charge in [-0.15, -0.1) is 0 Å². The van der Waals surface area contributed by atoms with Gasteiger partial charge in [0.25, 0.3) is 0 Å². The van der Waals surface area contributed by atoms with Crippen LogP contribution < -0.4 is 15.0 Å². The van der Waals surface area contributed by atoms with Gasteiger partial charge in [-0.2, -0.15) is 5.26 Å². The van der Waals surface area contributed by atoms with Crippen molar-refractivity contribution < 1.29 is 4.74 Å². The molecule has 2 aliphatic heterocycles. The Kier molecular flexibility index (Phi) is 3.78. The Morgan fingerprint density at radius 3 is 2.79 bits per heavy atom. The zero-order valence-electron chi connectivity index (χ0n) is 14.0. The van der Waals surface area contributed by atoms with Crippen LogP contribution in [-0.2, 0) is 0 Å². The minimum absolute atomic E-state index is 0.468. The van der Waals surface area contributed by atoms with E-state index in [2.05, 4.69) is 21.3 Å². The zero-order valence-corrected chi connectivity index (χ0v) is 14.0. The summed E-state index contributed by atoms with van der Waals surface area (Å²) >= 11 is 0. The van der Waals surface area contributed by atoms with Gasteiger partial charge in [0.15, 0.2) is 0 Å². The highest BCUT2D eigenvalue weighted by Gasteiger charge is 2.37. The number of nitrogens with one attached hydrogen (secondary N) is 1. The summed E-state index contributed by atoms with van der Waals surface area (Å²) in [5, 5.41) is 14.1. The molecule has 0 saturated carbocycles. The third-order valence-corrected chi connectivity index (χ3v) is 5.64. The average Bonchev–Trinajstić information content (AvgIpc) is 3.09. The molecule has 0 bridgehead atoms. The minimum atomic E-state index is 0.468. The van der Waals surface area contributed by atoms with E-state index in [9.17, 15) is 5.26 Å². The number of rotatable bonds is 2. The second kappa shape index (κ2) is 5.95. The normalized spacial score (nSPS) is 19.6. The van der Waals surface area contributed by atoms with Crippen molar-refractivity contribution in [2.45, 2.75) is 19.3 Å². The second-order valence-corrected chi connectivity index (χ2v) is 6.93. The Balaban J connectivity index is 1.71. The molecular formula is C19H22N4O. The van der Waals surface area contributed by atoms with E-state index in [1.165, 1.54) is 19.3 Å². The first-order valence-corrected chi connectivity index (χ1v) is 8.57. The van der Waals surface area contributed by atoms with E-state index in [1.807, 2.05) is 18.2 Å². The van der Waals surface area contributed by atoms with E-state index in [-0.39, 0.29) is 0 Å². The number of fused-ring (bicyclic) bond motifs is 1. The number of pyridine rings is 1. The summed E-state index contributed by atoms with van der Waals surface area (Å²) in [6.45, 7) is 4.28. The summed E-state index contributed by atoms with van der Waals surface area (Å²) in [4.78, 5) is 6.82. The molecule has 0 aliphatic carbocycles. The van der Waals surface area contributed by atoms with Crippen molar-refractivity contribution >= 4 is 16.6 Å². The van der Waals surface area contributed by atoms with E-state index in [0.717, 1.165) is 48.5 Å². The summed E-state index contributed by atoms with van der Waals surface area (Å²) in [5.74, 6) is 0.792. The summed E-state index contributed by atoms with van der Waals surface area (Å²) in [6, 6.07) is 8.24. The van der Waals surface area contributed by atoms with Crippen LogP contribution in [0.5, 0.6) is 5.75 Å². The van der Waals surface area contributed by atoms with Gasteiger partial charge >= 0.3 is 0 Å². The average molecular weight is 322 g/mol. The molecule has 0 amide bonds. The van der Waals surface area contributed by atoms with Crippen molar-refractivity contribution in [2.75, 3.05) is 38.2 Å². The third kappa shape index (κ3) is 2.47. The molecule has 1 aromatic heterocycles. The van der Waals surface area contributed by atoms with Crippen LogP contribution in [0.4, 0.5) is 5.69 Å². The van der Waals surface area contributed by atoms with Gasteiger partial charge in [0.2, 0.25) is 0 Å². The molecule has 0 unspecified atom stereocenters. The number of piperidine rings is 1. The number of hydrogen-bond donors (Lipinski definition) is 1. The smallest absolute Gasteiger partial charge is 0.121 e. The highest BCUT2D eigenvalue weighted by Crippen LogP contribution is 2.40. The van der Waals surface area contributed by atoms with Gasteiger partial charge < -0.3 is 15.0 Å². The van der Waals surface area contributed by atoms with Gasteiger partial charge in [-0.05, 0) is 43.4 Å². The molecule has 5 nitrogen and oxygen atoms in total. The van der Waals surface area contributed by atoms with E-state index in [0.29, 0.717) is 11.0 Å². The van der Waals surface area contributed by atoms with Crippen LogP contribution in [-0.4, -0.2) is 38.3 Å². The Hall–Kier alpha value is -2.32. The quantitative estimate of drug-likeness (QED) is 0.921. The Morgan fingerprint density at radius 2 is 2.12 bits per heavy atom. The Labute approximate surface area is 142 Å². The van der Waals surface area contributed by atoms with Crippen LogP contribution in [0.3, 0.4) is 0 Å². The van der Waals surface area contributed by atoms with Crippen molar-refractivity contribution in [3.8, 4) is 11.8 Å². The Morgan fingerprint density at radius 1 is 1.29 bits per heavy atom. The maximum Gasteiger partial charge on any atom is 0.121 e. The molecule has 2 aliphatic rings. The van der Waals surface area contributed by atoms with E-state index < -0.39 is 0 Å². The van der Waals surface area contributed by atoms with Crippen molar-refractivity contribution in [1.29, 1.82) is 5.26 Å². The molecule has 4 rings (SSSR count). The zero-order chi connectivity index (χ0) is 16.6. The largest absolute Gasteiger partial charge is 0.497 e. The van der Waals surface area contributed by atoms with Crippen LogP contribution in [0.2, 0.25) is 0 Å². The summed E-state index contributed by atoms with van der Waals surface area (Å²) in [7, 11) is 1.66. The topological polar surface area (TPSA) is 61.2 Å². The standard InChI is InChI=1S/C19H22N4O/c1-24-15-2-3-16-17(10-15)22-12-14(11-20)18(16)23-8-5-19(6-9-23)4-7-21-13-19/h2-3,10,12,21H,4-9,13H2,1H3. The molecule has 124 valence electrons. The van der Waals surface area contributed by atoms with Crippen LogP contribution >= 0.6 is 0 Å². The summed E-state index contributed by atoms with van der Waals surface area (Å²) in [5.41, 5.74) is 3.04. The second-order valence-electron chi connectivity index (χ2n) is 6.93. The number of nitrogens with zero attached hydrogens (tertiary/aromatic N) is 3. The fraction of sp³-hybridized carbons (Fsp3) is 0.474. The van der Waals surface area contributed by atoms with Crippen molar-refractivity contribution in [2.24, 2.45) is 5.41 Å². The van der Waals surface area contributed by atoms with Gasteiger partial charge in [0, 0.05) is 37.3 Å². The lowest BCUT2D eigenvalue weighted by molar-refractivity contribution is 0.247. The highest BCUT2D eigenvalue weighted by atomic mass is 16.5. The molecule has 0 radical (unpaired) electrons. The van der Waals surface area contributed by atoms with E-state index in [1.54, 1.807) is 13.3 Å². The Bertz CT molecular complexity index is 795. The fourth-order valence-corrected chi connectivity index (χ4v) is 4.14. The van der Waals surface area contributed by atoms with Crippen LogP contribution in [0, 0.1) is 16.7 Å². The number of benzene rings is 1. The number of nitriles is 1. The molecule has 1 aromatic carbocycles. The van der Waals surface area contributed by atoms with Gasteiger partial charge in [0.1, 0.15) is 11.8 Å². The fourth-order valence-electron chi connectivity index (χ4n) is 4.14. The number of aromatic nitrogens is 1. The molecule has 3 heterocycles. The molecule has 1 spiro atoms. The lowest BCUT2D eigenvalue weighted by atomic mass is 9.77. The number of methoxy groups -OCH3 is 1. The summed E-state index contributed by atoms with van der Waals surface area (Å²) < 4.78 is 5.30. The predicted molar refractivity (Wildman–Crippen MR) is 94.4 cm³/mol. The summed E-state index contributed by atoms with van der Waals surface area (Å²) in [6.07, 6.45) is 5.34. The lowest BCUT2D eigenvalue weighted by Gasteiger charge is -2.40. The molecule has 0 atom stereocenters. The number of anilines is 1. The van der Waals surface area contributed by atoms with E-state index >= 15 is 0 Å². The molecular weight excluding hydrogens is 300 g/mol. The number of hydrogen-bond acceptors (Lipinski definition) is 5. The molecule has 2 saturated heterocycles. The monoisotopic (exact) mass is 322 g/mol. The van der Waals surface area contributed by atoms with Gasteiger partial charge in [-0.1, -0.05) is 0 Å². The predicted octanol–water partition coefficient (Wildman–Crippen LogP) is 2.69. The van der Waals surface area contributed by atoms with Crippen molar-refractivity contribution in [3.63, 3.8) is 0 Å². The first-order valence-electron chi connectivity index (χ1n) is 8.57. The van der Waals surface area contributed by atoms with Crippen LogP contribution in [0.15, 0.2) is 24.4 Å². The maximum absolute atomic E-state index is 9.56. The molecule has 24 heavy (non-hydrogen) atoms. The third-order valence-electron chi connectivity index (χ3n) is 5.64. The first kappa shape index (κ1) is 15.2. The van der Waals surface area contributed by atoms with E-state index in [4.69, 9.17) is 4.74 Å². The molecule has 5 heteroatoms. The van der Waals surface area contributed by atoms with Gasteiger partial charge in [0.05, 0.1) is 23.9 Å². The molecule has 2 aromatic rings. The minimum Gasteiger partial charge on any atom is -0.497 e. The first-order chi connectivity index (χ1) is 11.7. The number of ether oxygens (including phenoxy) is 1. The van der Waals surface area contributed by atoms with Gasteiger partial charge in [-0.3, -0.25) is 4.98 Å². The van der Waals surface area contributed by atoms with Gasteiger partial charge in [-0.25, -0.2) is 0 Å².